The second-order valence-electron chi connectivity index (χ2n) is 3.67. The van der Waals surface area contributed by atoms with Crippen molar-refractivity contribution in [1.82, 2.24) is 4.98 Å². The highest BCUT2D eigenvalue weighted by atomic mass is 16.5. The average molecular weight is 217 g/mol. The smallest absolute Gasteiger partial charge is 0.119 e. The average Bonchev–Trinajstić information content (AvgIpc) is 2.35. The fraction of sp³-hybridized carbons (Fsp3) is 0.308. The van der Waals surface area contributed by atoms with Crippen molar-refractivity contribution in [3.63, 3.8) is 0 Å². The van der Waals surface area contributed by atoms with Crippen LogP contribution in [0.2, 0.25) is 0 Å². The number of ether oxygens (including phenoxy) is 1. The number of benzene rings is 1. The minimum absolute atomic E-state index is 0.196. The fourth-order valence-corrected chi connectivity index (χ4v) is 1.78. The molecule has 0 atom stereocenters. The lowest BCUT2D eigenvalue weighted by atomic mass is 10.1. The Morgan fingerprint density at radius 1 is 1.31 bits per heavy atom. The lowest BCUT2D eigenvalue weighted by molar-refractivity contribution is 0.288. The van der Waals surface area contributed by atoms with Crippen molar-refractivity contribution < 1.29 is 9.84 Å². The predicted molar refractivity (Wildman–Crippen MR) is 63.7 cm³/mol. The Morgan fingerprint density at radius 2 is 2.19 bits per heavy atom. The summed E-state index contributed by atoms with van der Waals surface area (Å²) in [6.07, 6.45) is 3.34. The number of aliphatic hydroxyl groups excluding tert-OH is 1. The van der Waals surface area contributed by atoms with Gasteiger partial charge in [-0.05, 0) is 36.4 Å². The summed E-state index contributed by atoms with van der Waals surface area (Å²) in [5.74, 6) is 0.839. The molecule has 0 aliphatic carbocycles. The molecule has 0 unspecified atom stereocenters. The first kappa shape index (κ1) is 10.9. The molecule has 1 aromatic heterocycles. The number of aliphatic hydroxyl groups is 1. The number of nitrogens with zero attached hydrogens (tertiary/aromatic N) is 1. The standard InChI is InChI=1S/C13H15NO2/c1-16-11-5-4-10-6-7-14-13(3-2-8-15)12(10)9-11/h4-7,9,15H,2-3,8H2,1H3. The van der Waals surface area contributed by atoms with Gasteiger partial charge in [-0.15, -0.1) is 0 Å². The van der Waals surface area contributed by atoms with E-state index in [2.05, 4.69) is 4.98 Å². The van der Waals surface area contributed by atoms with Crippen molar-refractivity contribution in [3.05, 3.63) is 36.2 Å². The summed E-state index contributed by atoms with van der Waals surface area (Å²) in [4.78, 5) is 4.35. The zero-order valence-electron chi connectivity index (χ0n) is 9.31. The van der Waals surface area contributed by atoms with Crippen LogP contribution in [0.15, 0.2) is 30.5 Å². The Morgan fingerprint density at radius 3 is 2.94 bits per heavy atom. The van der Waals surface area contributed by atoms with Crippen molar-refractivity contribution in [1.29, 1.82) is 0 Å². The largest absolute Gasteiger partial charge is 0.497 e. The number of hydrogen-bond donors (Lipinski definition) is 1. The van der Waals surface area contributed by atoms with E-state index in [0.29, 0.717) is 0 Å². The summed E-state index contributed by atoms with van der Waals surface area (Å²) >= 11 is 0. The highest BCUT2D eigenvalue weighted by molar-refractivity contribution is 5.85. The summed E-state index contributed by atoms with van der Waals surface area (Å²) in [7, 11) is 1.66. The van der Waals surface area contributed by atoms with Gasteiger partial charge in [-0.2, -0.15) is 0 Å². The van der Waals surface area contributed by atoms with Crippen LogP contribution in [0.4, 0.5) is 0 Å². The summed E-state index contributed by atoms with van der Waals surface area (Å²) < 4.78 is 5.20. The first-order valence-electron chi connectivity index (χ1n) is 5.37. The molecule has 84 valence electrons. The van der Waals surface area contributed by atoms with Crippen LogP contribution in [0.5, 0.6) is 5.75 Å². The maximum atomic E-state index is 8.85. The van der Waals surface area contributed by atoms with E-state index in [-0.39, 0.29) is 6.61 Å². The molecule has 3 nitrogen and oxygen atoms in total. The number of pyridine rings is 1. The van der Waals surface area contributed by atoms with Gasteiger partial charge >= 0.3 is 0 Å². The Labute approximate surface area is 94.7 Å². The summed E-state index contributed by atoms with van der Waals surface area (Å²) in [5, 5.41) is 11.1. The number of rotatable bonds is 4. The van der Waals surface area contributed by atoms with Crippen LogP contribution in [0.25, 0.3) is 10.8 Å². The van der Waals surface area contributed by atoms with E-state index in [1.165, 1.54) is 0 Å². The third-order valence-corrected chi connectivity index (χ3v) is 2.63. The Balaban J connectivity index is 2.46. The highest BCUT2D eigenvalue weighted by Crippen LogP contribution is 2.23. The number of methoxy groups -OCH3 is 1. The third-order valence-electron chi connectivity index (χ3n) is 2.63. The topological polar surface area (TPSA) is 42.4 Å². The molecule has 0 amide bonds. The van der Waals surface area contributed by atoms with Crippen molar-refractivity contribution in [2.45, 2.75) is 12.8 Å². The molecule has 0 saturated heterocycles. The lowest BCUT2D eigenvalue weighted by Gasteiger charge is -2.06. The van der Waals surface area contributed by atoms with Gasteiger partial charge in [0, 0.05) is 23.9 Å². The van der Waals surface area contributed by atoms with Gasteiger partial charge in [0.25, 0.3) is 0 Å². The molecule has 0 fully saturated rings. The van der Waals surface area contributed by atoms with Crippen LogP contribution in [-0.4, -0.2) is 23.8 Å². The molecule has 1 aromatic carbocycles. The van der Waals surface area contributed by atoms with Gasteiger partial charge in [-0.1, -0.05) is 6.07 Å². The van der Waals surface area contributed by atoms with E-state index in [4.69, 9.17) is 9.84 Å². The quantitative estimate of drug-likeness (QED) is 0.853. The van der Waals surface area contributed by atoms with E-state index in [1.807, 2.05) is 30.5 Å². The minimum atomic E-state index is 0.196. The van der Waals surface area contributed by atoms with Gasteiger partial charge < -0.3 is 9.84 Å². The minimum Gasteiger partial charge on any atom is -0.497 e. The molecular weight excluding hydrogens is 202 g/mol. The molecule has 0 bridgehead atoms. The van der Waals surface area contributed by atoms with Gasteiger partial charge in [0.1, 0.15) is 5.75 Å². The van der Waals surface area contributed by atoms with Crippen molar-refractivity contribution >= 4 is 10.8 Å². The van der Waals surface area contributed by atoms with Crippen LogP contribution in [0.1, 0.15) is 12.1 Å². The molecule has 0 spiro atoms. The normalized spacial score (nSPS) is 10.6. The number of aryl methyl sites for hydroxylation is 1. The molecular formula is C13H15NO2. The third kappa shape index (κ3) is 2.14. The SMILES string of the molecule is COc1ccc2ccnc(CCCO)c2c1. The number of fused-ring (bicyclic) bond motifs is 1. The zero-order valence-corrected chi connectivity index (χ0v) is 9.31. The highest BCUT2D eigenvalue weighted by Gasteiger charge is 2.03. The van der Waals surface area contributed by atoms with E-state index in [1.54, 1.807) is 7.11 Å². The van der Waals surface area contributed by atoms with Crippen molar-refractivity contribution in [2.24, 2.45) is 0 Å². The molecule has 2 rings (SSSR count). The van der Waals surface area contributed by atoms with Crippen LogP contribution >= 0.6 is 0 Å². The zero-order chi connectivity index (χ0) is 11.4. The monoisotopic (exact) mass is 217 g/mol. The number of aromatic nitrogens is 1. The predicted octanol–water partition coefficient (Wildman–Crippen LogP) is 2.17. The molecule has 0 saturated carbocycles. The van der Waals surface area contributed by atoms with E-state index in [9.17, 15) is 0 Å². The summed E-state index contributed by atoms with van der Waals surface area (Å²) in [6.45, 7) is 0.196. The Hall–Kier alpha value is -1.61. The molecule has 0 aliphatic heterocycles. The molecule has 0 aliphatic rings. The van der Waals surface area contributed by atoms with E-state index >= 15 is 0 Å². The molecule has 16 heavy (non-hydrogen) atoms. The van der Waals surface area contributed by atoms with Crippen LogP contribution in [0.3, 0.4) is 0 Å². The first-order valence-corrected chi connectivity index (χ1v) is 5.37. The van der Waals surface area contributed by atoms with Gasteiger partial charge in [0.05, 0.1) is 7.11 Å². The van der Waals surface area contributed by atoms with Gasteiger partial charge in [-0.3, -0.25) is 4.98 Å². The second kappa shape index (κ2) is 4.94. The molecule has 2 aromatic rings. The molecule has 3 heteroatoms. The lowest BCUT2D eigenvalue weighted by Crippen LogP contribution is -1.94. The summed E-state index contributed by atoms with van der Waals surface area (Å²) in [6, 6.07) is 7.95. The summed E-state index contributed by atoms with van der Waals surface area (Å²) in [5.41, 5.74) is 1.02. The first-order chi connectivity index (χ1) is 7.85. The van der Waals surface area contributed by atoms with Crippen molar-refractivity contribution in [2.75, 3.05) is 13.7 Å². The van der Waals surface area contributed by atoms with Crippen LogP contribution in [0, 0.1) is 0 Å². The maximum Gasteiger partial charge on any atom is 0.119 e. The molecule has 0 radical (unpaired) electrons. The van der Waals surface area contributed by atoms with E-state index in [0.717, 1.165) is 35.1 Å². The van der Waals surface area contributed by atoms with Gasteiger partial charge in [-0.25, -0.2) is 0 Å². The Bertz CT molecular complexity index is 482. The van der Waals surface area contributed by atoms with Crippen LogP contribution in [-0.2, 0) is 6.42 Å². The molecule has 1 heterocycles. The molecule has 1 N–H and O–H groups in total. The van der Waals surface area contributed by atoms with Crippen LogP contribution < -0.4 is 4.74 Å². The van der Waals surface area contributed by atoms with Gasteiger partial charge in [0.2, 0.25) is 0 Å². The van der Waals surface area contributed by atoms with Crippen molar-refractivity contribution in [3.8, 4) is 5.75 Å². The maximum absolute atomic E-state index is 8.85. The Kier molecular flexibility index (Phi) is 3.37. The van der Waals surface area contributed by atoms with Gasteiger partial charge in [0.15, 0.2) is 0 Å². The fourth-order valence-electron chi connectivity index (χ4n) is 1.78. The second-order valence-corrected chi connectivity index (χ2v) is 3.67. The van der Waals surface area contributed by atoms with E-state index < -0.39 is 0 Å². The number of hydrogen-bond acceptors (Lipinski definition) is 3.